The number of thioether (sulfide) groups is 1. The summed E-state index contributed by atoms with van der Waals surface area (Å²) >= 11 is 1.88. The molecule has 1 aromatic heterocycles. The Kier molecular flexibility index (Phi) is 16.8. The summed E-state index contributed by atoms with van der Waals surface area (Å²) in [4.78, 5) is 18.7. The molecule has 5 nitrogen and oxygen atoms in total. The van der Waals surface area contributed by atoms with Gasteiger partial charge in [0.1, 0.15) is 0 Å². The number of aromatic nitrogens is 2. The molecule has 2 aromatic carbocycles. The van der Waals surface area contributed by atoms with Gasteiger partial charge in [-0.15, -0.1) is 11.8 Å². The predicted molar refractivity (Wildman–Crippen MR) is 217 cm³/mol. The molecule has 3 aromatic rings. The molecule has 5 rings (SSSR count). The van der Waals surface area contributed by atoms with Crippen LogP contribution in [-0.2, 0) is 9.53 Å². The van der Waals surface area contributed by atoms with Crippen LogP contribution >= 0.6 is 11.8 Å². The fraction of sp³-hybridized carbons (Fsp3) is 0.523. The van der Waals surface area contributed by atoms with E-state index in [4.69, 9.17) is 14.8 Å². The van der Waals surface area contributed by atoms with E-state index in [1.54, 1.807) is 0 Å². The maximum Gasteiger partial charge on any atom is 0.308 e. The zero-order valence-electron chi connectivity index (χ0n) is 32.6. The van der Waals surface area contributed by atoms with Crippen LogP contribution in [-0.4, -0.2) is 33.8 Å². The Labute approximate surface area is 307 Å². The van der Waals surface area contributed by atoms with Crippen LogP contribution < -0.4 is 10.4 Å². The molecule has 1 fully saturated rings. The Hall–Kier alpha value is -3.38. The minimum absolute atomic E-state index is 0.0284. The maximum absolute atomic E-state index is 12.2. The number of allylic oxidation sites excluding steroid dienone is 2. The number of carbonyl (C=O) groups is 1. The van der Waals surface area contributed by atoms with E-state index in [2.05, 4.69) is 122 Å². The summed E-state index contributed by atoms with van der Waals surface area (Å²) in [5.41, 5.74) is 8.26. The third kappa shape index (κ3) is 11.1. The first kappa shape index (κ1) is 41.0. The normalized spacial score (nSPS) is 17.9. The van der Waals surface area contributed by atoms with Gasteiger partial charge in [-0.05, 0) is 105 Å². The van der Waals surface area contributed by atoms with Gasteiger partial charge < -0.3 is 4.74 Å². The maximum atomic E-state index is 12.2. The third-order valence-corrected chi connectivity index (χ3v) is 10.1. The molecule has 0 N–H and O–H groups in total. The van der Waals surface area contributed by atoms with Crippen LogP contribution in [0.15, 0.2) is 64.1 Å². The minimum Gasteiger partial charge on any atom is -0.466 e. The summed E-state index contributed by atoms with van der Waals surface area (Å²) < 4.78 is 7.41. The van der Waals surface area contributed by atoms with Gasteiger partial charge in [0.15, 0.2) is 0 Å². The van der Waals surface area contributed by atoms with Crippen molar-refractivity contribution >= 4 is 41.8 Å². The fourth-order valence-electron chi connectivity index (χ4n) is 6.94. The zero-order chi connectivity index (χ0) is 36.8. The minimum atomic E-state index is -0.0284. The lowest BCUT2D eigenvalue weighted by Crippen LogP contribution is -2.28. The van der Waals surface area contributed by atoms with Gasteiger partial charge in [0, 0.05) is 27.4 Å². The van der Waals surface area contributed by atoms with Gasteiger partial charge in [-0.2, -0.15) is 5.10 Å². The summed E-state index contributed by atoms with van der Waals surface area (Å²) in [7, 11) is 0. The molecule has 0 spiro atoms. The van der Waals surface area contributed by atoms with Gasteiger partial charge >= 0.3 is 5.97 Å². The molecule has 1 saturated carbocycles. The lowest BCUT2D eigenvalue weighted by molar-refractivity contribution is -0.149. The van der Waals surface area contributed by atoms with Gasteiger partial charge in [-0.25, -0.2) is 4.68 Å². The summed E-state index contributed by atoms with van der Waals surface area (Å²) in [6, 6.07) is 16.8. The Morgan fingerprint density at radius 3 is 2.18 bits per heavy atom. The van der Waals surface area contributed by atoms with E-state index in [0.29, 0.717) is 24.4 Å². The number of carbonyl (C=O) groups excluding carboxylic acids is 1. The van der Waals surface area contributed by atoms with Gasteiger partial charge in [0.2, 0.25) is 0 Å². The van der Waals surface area contributed by atoms with E-state index in [-0.39, 0.29) is 11.9 Å². The van der Waals surface area contributed by atoms with E-state index in [1.807, 2.05) is 24.8 Å². The molecule has 2 aliphatic rings. The van der Waals surface area contributed by atoms with Crippen molar-refractivity contribution < 1.29 is 9.53 Å². The van der Waals surface area contributed by atoms with Crippen molar-refractivity contribution in [1.82, 2.24) is 9.78 Å². The number of aliphatic imine (C=N–C) groups is 1. The second-order valence-corrected chi connectivity index (χ2v) is 15.4. The highest BCUT2D eigenvalue weighted by Crippen LogP contribution is 2.37. The SMILES string of the molecule is C=c1cccc(-c2nn(C3=C(C)N=C(C4CCC(C(=O)OCC)CC4)CC3)c(C)c2C(C)C)/c1=C/C(C)C.CCC.CCSc1ccccc1. The van der Waals surface area contributed by atoms with Gasteiger partial charge in [0.25, 0.3) is 0 Å². The number of hydrogen-bond acceptors (Lipinski definition) is 5. The van der Waals surface area contributed by atoms with Gasteiger partial charge in [0.05, 0.1) is 29.6 Å². The summed E-state index contributed by atoms with van der Waals surface area (Å²) in [5, 5.41) is 7.48. The van der Waals surface area contributed by atoms with Crippen molar-refractivity contribution in [3.8, 4) is 11.3 Å². The highest BCUT2D eigenvalue weighted by molar-refractivity contribution is 7.99. The molecular formula is C44H63N3O2S. The molecule has 0 radical (unpaired) electrons. The second-order valence-electron chi connectivity index (χ2n) is 14.1. The van der Waals surface area contributed by atoms with Gasteiger partial charge in [-0.3, -0.25) is 9.79 Å². The number of ether oxygens (including phenoxy) is 1. The first-order valence-electron chi connectivity index (χ1n) is 19.0. The fourth-order valence-corrected chi connectivity index (χ4v) is 7.62. The van der Waals surface area contributed by atoms with Crippen molar-refractivity contribution in [2.24, 2.45) is 22.7 Å². The third-order valence-electron chi connectivity index (χ3n) is 9.17. The summed E-state index contributed by atoms with van der Waals surface area (Å²) in [6.07, 6.45) is 9.27. The van der Waals surface area contributed by atoms with E-state index in [1.165, 1.54) is 39.2 Å². The largest absolute Gasteiger partial charge is 0.466 e. The molecule has 0 unspecified atom stereocenters. The quantitative estimate of drug-likeness (QED) is 0.165. The zero-order valence-corrected chi connectivity index (χ0v) is 33.5. The predicted octanol–water partition coefficient (Wildman–Crippen LogP) is 10.8. The second kappa shape index (κ2) is 20.5. The Morgan fingerprint density at radius 2 is 1.62 bits per heavy atom. The van der Waals surface area contributed by atoms with Crippen LogP contribution in [0.25, 0.3) is 29.6 Å². The number of benzene rings is 2. The highest BCUT2D eigenvalue weighted by atomic mass is 32.2. The van der Waals surface area contributed by atoms with Crippen LogP contribution in [0, 0.1) is 24.7 Å². The van der Waals surface area contributed by atoms with Crippen LogP contribution in [0.3, 0.4) is 0 Å². The molecule has 50 heavy (non-hydrogen) atoms. The number of rotatable bonds is 9. The standard InChI is InChI=1S/C33H45N3O2.C8H10S.C3H8/c1-9-38-33(37)26-15-13-25(14-16-26)29-17-18-30(23(7)34-29)36-24(8)31(21(4)5)32(35-36)27-12-10-11-22(6)28(27)19-20(2)3;1-2-9-8-6-4-3-5-7-8;1-3-2/h10-12,19-21,25-26H,6,9,13-18H2,1-5,7-8H3;3-7H,2H2,1H3;3H2,1-2H3/b28-19+;;. The van der Waals surface area contributed by atoms with Crippen LogP contribution in [0.2, 0.25) is 0 Å². The van der Waals surface area contributed by atoms with E-state index < -0.39 is 0 Å². The Balaban J connectivity index is 0.000000478. The highest BCUT2D eigenvalue weighted by Gasteiger charge is 2.31. The lowest BCUT2D eigenvalue weighted by atomic mass is 9.78. The monoisotopic (exact) mass is 697 g/mol. The van der Waals surface area contributed by atoms with Crippen molar-refractivity contribution in [3.05, 3.63) is 75.9 Å². The van der Waals surface area contributed by atoms with Crippen LogP contribution in [0.5, 0.6) is 0 Å². The molecule has 6 heteroatoms. The number of hydrogen-bond donors (Lipinski definition) is 0. The van der Waals surface area contributed by atoms with Crippen molar-refractivity contribution in [3.63, 3.8) is 0 Å². The summed E-state index contributed by atoms with van der Waals surface area (Å²) in [5.74, 6) is 2.41. The molecule has 0 atom stereocenters. The lowest BCUT2D eigenvalue weighted by Gasteiger charge is -2.30. The molecule has 0 bridgehead atoms. The summed E-state index contributed by atoms with van der Waals surface area (Å²) in [6.45, 7) is 26.3. The average Bonchev–Trinajstić information content (AvgIpc) is 3.43. The molecule has 272 valence electrons. The molecule has 2 heterocycles. The first-order valence-corrected chi connectivity index (χ1v) is 20.0. The molecule has 1 aliphatic carbocycles. The molecule has 0 saturated heterocycles. The van der Waals surface area contributed by atoms with Crippen LogP contribution in [0.4, 0.5) is 0 Å². The number of nitrogens with zero attached hydrogens (tertiary/aromatic N) is 3. The smallest absolute Gasteiger partial charge is 0.308 e. The van der Waals surface area contributed by atoms with E-state index >= 15 is 0 Å². The molecular weight excluding hydrogens is 635 g/mol. The van der Waals surface area contributed by atoms with Crippen molar-refractivity contribution in [2.75, 3.05) is 12.4 Å². The Bertz CT molecular complexity index is 1690. The van der Waals surface area contributed by atoms with Crippen molar-refractivity contribution in [2.45, 2.75) is 125 Å². The number of esters is 1. The average molecular weight is 698 g/mol. The molecule has 1 aliphatic heterocycles. The van der Waals surface area contributed by atoms with E-state index in [0.717, 1.165) is 66.5 Å². The molecule has 0 amide bonds. The van der Waals surface area contributed by atoms with E-state index in [9.17, 15) is 4.79 Å². The van der Waals surface area contributed by atoms with Crippen LogP contribution in [0.1, 0.15) is 124 Å². The van der Waals surface area contributed by atoms with Crippen molar-refractivity contribution in [1.29, 1.82) is 0 Å². The first-order chi connectivity index (χ1) is 24.0. The van der Waals surface area contributed by atoms with Gasteiger partial charge in [-0.1, -0.05) is 104 Å². The topological polar surface area (TPSA) is 56.5 Å². The Morgan fingerprint density at radius 1 is 0.960 bits per heavy atom.